The number of benzene rings is 4. The molecule has 4 aliphatic carbocycles. The SMILES string of the molecule is Cl.Cl.[CH2]=[Zr]([C]1=CC(C(C)(C)C)=CC1C(C)C)([C]1=C(C)c2cc3c(cc2C1(C)C)Cc1cc2c(cc1-3)C(C)=CC2(C)C)([c]1cccc(Cl)c1)[c]1cccc(Cl)c1. The van der Waals surface area contributed by atoms with E-state index in [0.29, 0.717) is 5.92 Å². The van der Waals surface area contributed by atoms with Gasteiger partial charge in [0, 0.05) is 0 Å². The van der Waals surface area contributed by atoms with Gasteiger partial charge in [0.05, 0.1) is 0 Å². The summed E-state index contributed by atoms with van der Waals surface area (Å²) in [7, 11) is 0. The van der Waals surface area contributed by atoms with Gasteiger partial charge in [0.25, 0.3) is 0 Å². The Morgan fingerprint density at radius 1 is 0.745 bits per heavy atom. The Bertz CT molecular complexity index is 2440. The quantitative estimate of drug-likeness (QED) is 0.165. The maximum atomic E-state index is 7.05. The summed E-state index contributed by atoms with van der Waals surface area (Å²) in [6.45, 7) is 26.1. The van der Waals surface area contributed by atoms with E-state index in [1.165, 1.54) is 74.3 Å². The van der Waals surface area contributed by atoms with Gasteiger partial charge in [-0.05, 0) is 0 Å². The first kappa shape index (κ1) is 42.4. The minimum atomic E-state index is -5.25. The zero-order chi connectivity index (χ0) is 38.2. The molecule has 8 rings (SSSR count). The fourth-order valence-corrected chi connectivity index (χ4v) is 31.4. The molecule has 0 N–H and O–H groups in total. The molecular formula is C50H56Cl4Zr. The Balaban J connectivity index is 0.00000257. The van der Waals surface area contributed by atoms with E-state index in [2.05, 4.69) is 155 Å². The second-order valence-electron chi connectivity index (χ2n) is 19.2. The van der Waals surface area contributed by atoms with Crippen molar-refractivity contribution in [2.75, 3.05) is 0 Å². The van der Waals surface area contributed by atoms with Crippen molar-refractivity contribution in [3.63, 3.8) is 0 Å². The molecule has 1 unspecified atom stereocenters. The van der Waals surface area contributed by atoms with Gasteiger partial charge in [-0.1, -0.05) is 0 Å². The van der Waals surface area contributed by atoms with Crippen LogP contribution in [0.5, 0.6) is 0 Å². The molecule has 0 heterocycles. The van der Waals surface area contributed by atoms with Crippen LogP contribution in [-0.4, -0.2) is 4.21 Å². The molecule has 0 saturated heterocycles. The van der Waals surface area contributed by atoms with E-state index >= 15 is 0 Å². The van der Waals surface area contributed by atoms with Crippen LogP contribution in [0.4, 0.5) is 0 Å². The van der Waals surface area contributed by atoms with Crippen molar-refractivity contribution in [3.05, 3.63) is 147 Å². The second kappa shape index (κ2) is 13.7. The Labute approximate surface area is 353 Å². The Kier molecular flexibility index (Phi) is 10.5. The van der Waals surface area contributed by atoms with Crippen molar-refractivity contribution in [2.45, 2.75) is 93.4 Å². The molecule has 0 nitrogen and oxygen atoms in total. The molecule has 288 valence electrons. The van der Waals surface area contributed by atoms with E-state index < -0.39 is 18.3 Å². The standard InChI is InChI=1S/C25H25.C12H19.2C6H4Cl.CH2.2ClH.Zr/c1-14-12-24(3,4)22-8-16-7-17-9-23-19(15(2)13-25(23,5)6)11-21(17)20(16)10-18(14)22;1-9(2)10-6-7-11(8-10)12(3,4)5;2*7-6-4-2-1-3-5-6;;;;/h8-12H,7H2,1-6H3;7-10H,1-5H3;2*1-2,4-5H;1H2;2*1H;. The topological polar surface area (TPSA) is 0 Å². The van der Waals surface area contributed by atoms with Gasteiger partial charge < -0.3 is 0 Å². The average Bonchev–Trinajstić information content (AvgIpc) is 3.79. The van der Waals surface area contributed by atoms with Crippen LogP contribution in [0.15, 0.2) is 103 Å². The summed E-state index contributed by atoms with van der Waals surface area (Å²) in [5.41, 5.74) is 15.2. The molecule has 0 aromatic heterocycles. The fourth-order valence-electron chi connectivity index (χ4n) is 11.2. The van der Waals surface area contributed by atoms with Crippen molar-refractivity contribution in [3.8, 4) is 11.1 Å². The first-order valence-electron chi connectivity index (χ1n) is 19.4. The summed E-state index contributed by atoms with van der Waals surface area (Å²) >= 11 is 8.85. The van der Waals surface area contributed by atoms with Gasteiger partial charge in [-0.15, -0.1) is 24.8 Å². The van der Waals surface area contributed by atoms with Gasteiger partial charge in [-0.25, -0.2) is 0 Å². The summed E-state index contributed by atoms with van der Waals surface area (Å²) in [5.74, 6) is 0.607. The Morgan fingerprint density at radius 3 is 1.78 bits per heavy atom. The second-order valence-corrected chi connectivity index (χ2v) is 32.7. The van der Waals surface area contributed by atoms with E-state index in [0.717, 1.165) is 16.5 Å². The van der Waals surface area contributed by atoms with Crippen molar-refractivity contribution in [1.29, 1.82) is 0 Å². The number of hydrogen-bond acceptors (Lipinski definition) is 0. The monoisotopic (exact) mass is 886 g/mol. The third-order valence-electron chi connectivity index (χ3n) is 13.7. The maximum absolute atomic E-state index is 7.05. The Morgan fingerprint density at radius 2 is 1.27 bits per heavy atom. The summed E-state index contributed by atoms with van der Waals surface area (Å²) in [5, 5.41) is 1.50. The van der Waals surface area contributed by atoms with E-state index in [1.54, 1.807) is 0 Å². The molecule has 0 saturated carbocycles. The van der Waals surface area contributed by atoms with Crippen LogP contribution in [-0.2, 0) is 35.5 Å². The van der Waals surface area contributed by atoms with Gasteiger partial charge in [0.2, 0.25) is 0 Å². The molecule has 4 aromatic carbocycles. The van der Waals surface area contributed by atoms with E-state index in [4.69, 9.17) is 27.4 Å². The predicted octanol–water partition coefficient (Wildman–Crippen LogP) is 14.0. The molecular weight excluding hydrogens is 834 g/mol. The van der Waals surface area contributed by atoms with Crippen molar-refractivity contribution < 1.29 is 18.3 Å². The molecule has 0 bridgehead atoms. The zero-order valence-electron chi connectivity index (χ0n) is 34.3. The molecule has 0 spiro atoms. The molecule has 0 fully saturated rings. The van der Waals surface area contributed by atoms with Crippen LogP contribution in [0.2, 0.25) is 10.0 Å². The van der Waals surface area contributed by atoms with Crippen LogP contribution in [0, 0.1) is 17.3 Å². The number of hydrogen-bond donors (Lipinski definition) is 0. The van der Waals surface area contributed by atoms with Gasteiger partial charge in [0.1, 0.15) is 0 Å². The van der Waals surface area contributed by atoms with Gasteiger partial charge in [-0.3, -0.25) is 0 Å². The molecule has 1 atom stereocenters. The predicted molar refractivity (Wildman–Crippen MR) is 245 cm³/mol. The summed E-state index contributed by atoms with van der Waals surface area (Å²) in [4.78, 5) is 0. The fraction of sp³-hybridized carbons (Fsp3) is 0.340. The number of fused-ring (bicyclic) bond motifs is 5. The molecule has 4 aliphatic rings. The van der Waals surface area contributed by atoms with Gasteiger partial charge >= 0.3 is 332 Å². The molecule has 4 aromatic rings. The average molecular weight is 890 g/mol. The van der Waals surface area contributed by atoms with Crippen molar-refractivity contribution in [2.24, 2.45) is 17.3 Å². The van der Waals surface area contributed by atoms with E-state index in [-0.39, 0.29) is 47.0 Å². The summed E-state index contributed by atoms with van der Waals surface area (Å²) < 4.78 is 11.4. The molecule has 0 amide bonds. The first-order chi connectivity index (χ1) is 24.7. The van der Waals surface area contributed by atoms with Crippen molar-refractivity contribution in [1.82, 2.24) is 0 Å². The number of halogens is 4. The van der Waals surface area contributed by atoms with Crippen LogP contribution in [0.25, 0.3) is 22.3 Å². The summed E-state index contributed by atoms with van der Waals surface area (Å²) in [6, 6.07) is 27.6. The van der Waals surface area contributed by atoms with Gasteiger partial charge in [-0.2, -0.15) is 0 Å². The number of allylic oxidation sites excluding steroid dienone is 8. The molecule has 0 radical (unpaired) electrons. The van der Waals surface area contributed by atoms with Crippen LogP contribution in [0.1, 0.15) is 110 Å². The first-order valence-corrected chi connectivity index (χ1v) is 26.9. The minimum absolute atomic E-state index is 0. The third-order valence-corrected chi connectivity index (χ3v) is 31.4. The molecule has 55 heavy (non-hydrogen) atoms. The van der Waals surface area contributed by atoms with E-state index in [9.17, 15) is 0 Å². The number of rotatable bonds is 5. The third kappa shape index (κ3) is 5.95. The van der Waals surface area contributed by atoms with Crippen LogP contribution in [0.3, 0.4) is 0 Å². The van der Waals surface area contributed by atoms with Crippen molar-refractivity contribution >= 4 is 69.9 Å². The normalized spacial score (nSPS) is 19.2. The molecule has 0 aliphatic heterocycles. The van der Waals surface area contributed by atoms with Crippen LogP contribution < -0.4 is 6.54 Å². The zero-order valence-corrected chi connectivity index (χ0v) is 39.9. The molecule has 5 heteroatoms. The summed E-state index contributed by atoms with van der Waals surface area (Å²) in [6.07, 6.45) is 8.55. The van der Waals surface area contributed by atoms with Crippen LogP contribution >= 0.6 is 48.0 Å². The Hall–Kier alpha value is -2.25. The van der Waals surface area contributed by atoms with Gasteiger partial charge in [0.15, 0.2) is 0 Å². The van der Waals surface area contributed by atoms with E-state index in [1.807, 2.05) is 12.1 Å².